The number of nitrogens with zero attached hydrogens (tertiary/aromatic N) is 6. The fourth-order valence-corrected chi connectivity index (χ4v) is 4.31. The first-order valence-corrected chi connectivity index (χ1v) is 11.0. The van der Waals surface area contributed by atoms with Gasteiger partial charge in [-0.25, -0.2) is 4.98 Å². The molecule has 0 spiro atoms. The third-order valence-electron chi connectivity index (χ3n) is 6.03. The molecular weight excluding hydrogens is 392 g/mol. The molecule has 1 aromatic carbocycles. The molecule has 0 N–H and O–H groups in total. The summed E-state index contributed by atoms with van der Waals surface area (Å²) in [5, 5.41) is 4.43. The minimum absolute atomic E-state index is 0.187. The second-order valence-electron chi connectivity index (χ2n) is 7.89. The van der Waals surface area contributed by atoms with Crippen LogP contribution in [-0.4, -0.2) is 63.2 Å². The number of benzene rings is 1. The van der Waals surface area contributed by atoms with E-state index >= 15 is 0 Å². The van der Waals surface area contributed by atoms with Gasteiger partial charge in [0.05, 0.1) is 6.61 Å². The number of hydrogen-bond donors (Lipinski definition) is 0. The number of esters is 1. The van der Waals surface area contributed by atoms with E-state index in [-0.39, 0.29) is 5.97 Å². The molecule has 0 bridgehead atoms. The average molecular weight is 423 g/mol. The lowest BCUT2D eigenvalue weighted by molar-refractivity contribution is -0.143. The molecule has 164 valence electrons. The average Bonchev–Trinajstić information content (AvgIpc) is 3.25. The van der Waals surface area contributed by atoms with E-state index in [0.717, 1.165) is 43.3 Å². The van der Waals surface area contributed by atoms with Crippen LogP contribution in [0.2, 0.25) is 0 Å². The number of aromatic nitrogens is 4. The van der Waals surface area contributed by atoms with Crippen molar-refractivity contribution in [3.05, 3.63) is 53.5 Å². The van der Waals surface area contributed by atoms with Crippen LogP contribution in [-0.2, 0) is 16.0 Å². The van der Waals surface area contributed by atoms with Crippen molar-refractivity contribution in [2.75, 3.05) is 37.7 Å². The van der Waals surface area contributed by atoms with Gasteiger partial charge >= 0.3 is 5.97 Å². The number of ether oxygens (including phenoxy) is 1. The molecule has 0 amide bonds. The van der Waals surface area contributed by atoms with Crippen LogP contribution in [0.25, 0.3) is 5.78 Å². The van der Waals surface area contributed by atoms with Gasteiger partial charge in [0.1, 0.15) is 12.1 Å². The summed E-state index contributed by atoms with van der Waals surface area (Å²) in [5.74, 6) is 1.40. The number of rotatable bonds is 7. The highest BCUT2D eigenvalue weighted by Gasteiger charge is 2.26. The summed E-state index contributed by atoms with van der Waals surface area (Å²) in [5.41, 5.74) is 3.26. The van der Waals surface area contributed by atoms with Crippen molar-refractivity contribution in [2.45, 2.75) is 39.7 Å². The smallest absolute Gasteiger partial charge is 0.306 e. The summed E-state index contributed by atoms with van der Waals surface area (Å²) >= 11 is 0. The second-order valence-corrected chi connectivity index (χ2v) is 7.89. The van der Waals surface area contributed by atoms with Gasteiger partial charge in [-0.05, 0) is 32.8 Å². The van der Waals surface area contributed by atoms with Gasteiger partial charge in [-0.2, -0.15) is 14.6 Å². The Kier molecular flexibility index (Phi) is 6.46. The Labute approximate surface area is 182 Å². The third-order valence-corrected chi connectivity index (χ3v) is 6.03. The summed E-state index contributed by atoms with van der Waals surface area (Å²) in [6.45, 7) is 10.1. The molecule has 8 heteroatoms. The predicted molar refractivity (Wildman–Crippen MR) is 119 cm³/mol. The van der Waals surface area contributed by atoms with Gasteiger partial charge in [0, 0.05) is 49.9 Å². The van der Waals surface area contributed by atoms with Gasteiger partial charge in [0.2, 0.25) is 0 Å². The van der Waals surface area contributed by atoms with Crippen LogP contribution in [0, 0.1) is 6.92 Å². The van der Waals surface area contributed by atoms with E-state index < -0.39 is 0 Å². The molecule has 1 saturated heterocycles. The lowest BCUT2D eigenvalue weighted by atomic mass is 10.1. The van der Waals surface area contributed by atoms with Gasteiger partial charge in [-0.1, -0.05) is 30.3 Å². The van der Waals surface area contributed by atoms with E-state index in [9.17, 15) is 4.79 Å². The predicted octanol–water partition coefficient (Wildman–Crippen LogP) is 2.81. The zero-order valence-corrected chi connectivity index (χ0v) is 18.5. The van der Waals surface area contributed by atoms with Gasteiger partial charge < -0.3 is 9.64 Å². The van der Waals surface area contributed by atoms with E-state index in [1.54, 1.807) is 0 Å². The molecule has 0 aliphatic carbocycles. The van der Waals surface area contributed by atoms with E-state index in [1.807, 2.05) is 18.4 Å². The number of aryl methyl sites for hydroxylation is 1. The van der Waals surface area contributed by atoms with Crippen molar-refractivity contribution in [3.8, 4) is 0 Å². The highest BCUT2D eigenvalue weighted by atomic mass is 16.5. The first-order valence-electron chi connectivity index (χ1n) is 11.0. The zero-order chi connectivity index (χ0) is 21.8. The quantitative estimate of drug-likeness (QED) is 0.542. The summed E-state index contributed by atoms with van der Waals surface area (Å²) in [7, 11) is 0. The van der Waals surface area contributed by atoms with Crippen LogP contribution in [0.1, 0.15) is 43.1 Å². The van der Waals surface area contributed by atoms with Gasteiger partial charge in [0.15, 0.2) is 0 Å². The minimum Gasteiger partial charge on any atom is -0.466 e. The van der Waals surface area contributed by atoms with Gasteiger partial charge in [-0.3, -0.25) is 9.69 Å². The standard InChI is InChI=1S/C23H30N6O2/c1-4-31-21(30)11-10-20-17(2)26-23-24-16-25-29(23)22(20)28-14-12-27(13-15-28)18(3)19-8-6-5-7-9-19/h5-9,16,18H,4,10-15H2,1-3H3/t18-/m0/s1. The van der Waals surface area contributed by atoms with Gasteiger partial charge in [0.25, 0.3) is 5.78 Å². The molecule has 2 aromatic heterocycles. The second kappa shape index (κ2) is 9.43. The molecule has 1 atom stereocenters. The molecule has 0 unspecified atom stereocenters. The molecule has 31 heavy (non-hydrogen) atoms. The SMILES string of the molecule is CCOC(=O)CCc1c(C)nc2ncnn2c1N1CCN([C@@H](C)c2ccccc2)CC1. The van der Waals surface area contributed by atoms with Crippen LogP contribution in [0.4, 0.5) is 5.82 Å². The molecule has 3 heterocycles. The number of hydrogen-bond acceptors (Lipinski definition) is 7. The topological polar surface area (TPSA) is 75.9 Å². The number of fused-ring (bicyclic) bond motifs is 1. The molecule has 0 radical (unpaired) electrons. The first-order chi connectivity index (χ1) is 15.1. The molecular formula is C23H30N6O2. The largest absolute Gasteiger partial charge is 0.466 e. The van der Waals surface area contributed by atoms with E-state index in [0.29, 0.717) is 31.3 Å². The molecule has 8 nitrogen and oxygen atoms in total. The Hall–Kier alpha value is -3.00. The Balaban J connectivity index is 1.55. The highest BCUT2D eigenvalue weighted by molar-refractivity contribution is 5.70. The Morgan fingerprint density at radius 3 is 2.61 bits per heavy atom. The summed E-state index contributed by atoms with van der Waals surface area (Å²) in [4.78, 5) is 25.7. The van der Waals surface area contributed by atoms with E-state index in [4.69, 9.17) is 4.74 Å². The van der Waals surface area contributed by atoms with E-state index in [1.165, 1.54) is 11.9 Å². The Morgan fingerprint density at radius 1 is 1.16 bits per heavy atom. The number of anilines is 1. The molecule has 4 rings (SSSR count). The highest BCUT2D eigenvalue weighted by Crippen LogP contribution is 2.28. The molecule has 1 aliphatic heterocycles. The first kappa shape index (κ1) is 21.2. The van der Waals surface area contributed by atoms with Crippen molar-refractivity contribution in [2.24, 2.45) is 0 Å². The van der Waals surface area contributed by atoms with Crippen LogP contribution in [0.15, 0.2) is 36.7 Å². The van der Waals surface area contributed by atoms with E-state index in [2.05, 4.69) is 62.1 Å². The molecule has 1 aliphatic rings. The number of piperazine rings is 1. The Bertz CT molecular complexity index is 1030. The summed E-state index contributed by atoms with van der Waals surface area (Å²) < 4.78 is 6.94. The van der Waals surface area contributed by atoms with Crippen LogP contribution < -0.4 is 4.90 Å². The maximum Gasteiger partial charge on any atom is 0.306 e. The number of carbonyl (C=O) groups is 1. The van der Waals surface area contributed by atoms with Crippen molar-refractivity contribution < 1.29 is 9.53 Å². The molecule has 3 aromatic rings. The lowest BCUT2D eigenvalue weighted by Crippen LogP contribution is -2.48. The van der Waals surface area contributed by atoms with Crippen molar-refractivity contribution in [1.29, 1.82) is 0 Å². The fraction of sp³-hybridized carbons (Fsp3) is 0.478. The van der Waals surface area contributed by atoms with Crippen LogP contribution in [0.3, 0.4) is 0 Å². The van der Waals surface area contributed by atoms with Crippen LogP contribution >= 0.6 is 0 Å². The maximum absolute atomic E-state index is 12.0. The van der Waals surface area contributed by atoms with Crippen molar-refractivity contribution in [1.82, 2.24) is 24.5 Å². The van der Waals surface area contributed by atoms with Crippen molar-refractivity contribution in [3.63, 3.8) is 0 Å². The Morgan fingerprint density at radius 2 is 1.90 bits per heavy atom. The minimum atomic E-state index is -0.187. The maximum atomic E-state index is 12.0. The number of carbonyl (C=O) groups excluding carboxylic acids is 1. The van der Waals surface area contributed by atoms with Gasteiger partial charge in [-0.15, -0.1) is 0 Å². The monoisotopic (exact) mass is 422 g/mol. The summed E-state index contributed by atoms with van der Waals surface area (Å²) in [6.07, 6.45) is 2.44. The molecule has 0 saturated carbocycles. The molecule has 1 fully saturated rings. The normalized spacial score (nSPS) is 15.9. The van der Waals surface area contributed by atoms with Crippen molar-refractivity contribution >= 4 is 17.6 Å². The zero-order valence-electron chi connectivity index (χ0n) is 18.5. The lowest BCUT2D eigenvalue weighted by Gasteiger charge is -2.39. The van der Waals surface area contributed by atoms with Crippen LogP contribution in [0.5, 0.6) is 0 Å². The third kappa shape index (κ3) is 4.54. The summed E-state index contributed by atoms with van der Waals surface area (Å²) in [6, 6.07) is 11.0. The fourth-order valence-electron chi connectivity index (χ4n) is 4.31.